The van der Waals surface area contributed by atoms with Gasteiger partial charge in [-0.2, -0.15) is 13.2 Å². The predicted molar refractivity (Wildman–Crippen MR) is 118 cm³/mol. The second-order valence-corrected chi connectivity index (χ2v) is 8.87. The summed E-state index contributed by atoms with van der Waals surface area (Å²) >= 11 is 0. The van der Waals surface area contributed by atoms with Crippen molar-refractivity contribution in [3.05, 3.63) is 89.0 Å². The lowest BCUT2D eigenvalue weighted by Gasteiger charge is -2.14. The average molecular weight is 478 g/mol. The van der Waals surface area contributed by atoms with Gasteiger partial charge in [-0.05, 0) is 55.0 Å². The third-order valence-electron chi connectivity index (χ3n) is 4.73. The maximum Gasteiger partial charge on any atom is 0.416 e. The number of ether oxygens (including phenoxy) is 1. The van der Waals surface area contributed by atoms with Crippen LogP contribution in [0.2, 0.25) is 0 Å². The molecule has 0 atom stereocenters. The van der Waals surface area contributed by atoms with E-state index in [0.29, 0.717) is 5.69 Å². The Bertz CT molecular complexity index is 1260. The number of carbonyl (C=O) groups excluding carboxylic acids is 1. The Kier molecular flexibility index (Phi) is 6.97. The quantitative estimate of drug-likeness (QED) is 0.513. The van der Waals surface area contributed by atoms with Gasteiger partial charge in [-0.15, -0.1) is 0 Å². The molecule has 6 nitrogen and oxygen atoms in total. The highest BCUT2D eigenvalue weighted by molar-refractivity contribution is 7.92. The molecule has 2 N–H and O–H groups in total. The van der Waals surface area contributed by atoms with Gasteiger partial charge in [0.15, 0.2) is 0 Å². The summed E-state index contributed by atoms with van der Waals surface area (Å²) < 4.78 is 72.0. The highest BCUT2D eigenvalue weighted by Crippen LogP contribution is 2.30. The minimum absolute atomic E-state index is 0.00653. The zero-order chi connectivity index (χ0) is 24.2. The first-order chi connectivity index (χ1) is 15.5. The zero-order valence-electron chi connectivity index (χ0n) is 17.7. The fourth-order valence-electron chi connectivity index (χ4n) is 3.00. The van der Waals surface area contributed by atoms with Crippen LogP contribution in [0.5, 0.6) is 5.75 Å². The van der Waals surface area contributed by atoms with Crippen molar-refractivity contribution in [2.45, 2.75) is 24.5 Å². The minimum Gasteiger partial charge on any atom is -0.495 e. The molecule has 0 spiro atoms. The summed E-state index contributed by atoms with van der Waals surface area (Å²) in [7, 11) is -2.79. The third-order valence-corrected chi connectivity index (χ3v) is 6.13. The molecule has 1 amide bonds. The van der Waals surface area contributed by atoms with Gasteiger partial charge in [-0.3, -0.25) is 9.52 Å². The van der Waals surface area contributed by atoms with Crippen molar-refractivity contribution >= 4 is 21.6 Å². The normalized spacial score (nSPS) is 11.7. The van der Waals surface area contributed by atoms with E-state index < -0.39 is 27.7 Å². The smallest absolute Gasteiger partial charge is 0.416 e. The second kappa shape index (κ2) is 9.53. The van der Waals surface area contributed by atoms with Gasteiger partial charge in [0, 0.05) is 17.8 Å². The Morgan fingerprint density at radius 2 is 1.70 bits per heavy atom. The van der Waals surface area contributed by atoms with Gasteiger partial charge in [0.05, 0.1) is 12.7 Å². The molecule has 3 aromatic carbocycles. The molecule has 0 bridgehead atoms. The first-order valence-electron chi connectivity index (χ1n) is 9.71. The van der Waals surface area contributed by atoms with Crippen molar-refractivity contribution in [3.63, 3.8) is 0 Å². The molecule has 0 aliphatic heterocycles. The molecule has 0 aliphatic carbocycles. The Morgan fingerprint density at radius 3 is 2.33 bits per heavy atom. The van der Waals surface area contributed by atoms with Gasteiger partial charge in [0.1, 0.15) is 10.6 Å². The van der Waals surface area contributed by atoms with E-state index >= 15 is 0 Å². The number of rotatable bonds is 7. The molecule has 0 aromatic heterocycles. The Labute approximate surface area is 189 Å². The lowest BCUT2D eigenvalue weighted by molar-refractivity contribution is -0.137. The Balaban J connectivity index is 1.81. The number of alkyl halides is 3. The van der Waals surface area contributed by atoms with Crippen molar-refractivity contribution in [2.75, 3.05) is 11.8 Å². The average Bonchev–Trinajstić information content (AvgIpc) is 2.78. The largest absolute Gasteiger partial charge is 0.495 e. The summed E-state index contributed by atoms with van der Waals surface area (Å²) in [6, 6.07) is 15.1. The van der Waals surface area contributed by atoms with E-state index in [4.69, 9.17) is 4.74 Å². The molecular weight excluding hydrogens is 457 g/mol. The van der Waals surface area contributed by atoms with E-state index in [-0.39, 0.29) is 28.3 Å². The van der Waals surface area contributed by atoms with Crippen molar-refractivity contribution < 1.29 is 31.1 Å². The monoisotopic (exact) mass is 478 g/mol. The van der Waals surface area contributed by atoms with Gasteiger partial charge >= 0.3 is 6.18 Å². The number of hydrogen-bond donors (Lipinski definition) is 2. The van der Waals surface area contributed by atoms with E-state index in [9.17, 15) is 26.4 Å². The first-order valence-corrected chi connectivity index (χ1v) is 11.2. The molecule has 3 aromatic rings. The number of benzene rings is 3. The Hall–Kier alpha value is -3.53. The number of methoxy groups -OCH3 is 1. The van der Waals surface area contributed by atoms with Gasteiger partial charge in [0.2, 0.25) is 0 Å². The molecular formula is C23H21F3N2O4S. The van der Waals surface area contributed by atoms with E-state index in [2.05, 4.69) is 10.0 Å². The van der Waals surface area contributed by atoms with Gasteiger partial charge in [0.25, 0.3) is 15.9 Å². The molecule has 10 heteroatoms. The summed E-state index contributed by atoms with van der Waals surface area (Å²) in [6.45, 7) is 1.70. The summed E-state index contributed by atoms with van der Waals surface area (Å²) in [4.78, 5) is 12.3. The Morgan fingerprint density at radius 1 is 1.00 bits per heavy atom. The maximum atomic E-state index is 12.9. The molecule has 0 aliphatic rings. The van der Waals surface area contributed by atoms with Crippen LogP contribution in [0, 0.1) is 6.92 Å². The first kappa shape index (κ1) is 24.1. The molecule has 0 saturated heterocycles. The summed E-state index contributed by atoms with van der Waals surface area (Å²) in [6.07, 6.45) is -4.50. The molecule has 0 saturated carbocycles. The van der Waals surface area contributed by atoms with Gasteiger partial charge in [-0.25, -0.2) is 8.42 Å². The lowest BCUT2D eigenvalue weighted by atomic mass is 10.1. The van der Waals surface area contributed by atoms with Crippen LogP contribution in [0.25, 0.3) is 0 Å². The van der Waals surface area contributed by atoms with Crippen LogP contribution in [-0.4, -0.2) is 21.4 Å². The SMILES string of the molecule is COc1ccc(C(=O)NCc2cccc(C(F)(F)F)c2)cc1S(=O)(=O)Nc1ccc(C)cc1. The van der Waals surface area contributed by atoms with Crippen LogP contribution in [0.15, 0.2) is 71.6 Å². The number of amides is 1. The third kappa shape index (κ3) is 6.04. The second-order valence-electron chi connectivity index (χ2n) is 7.22. The molecule has 0 unspecified atom stereocenters. The number of anilines is 1. The van der Waals surface area contributed by atoms with E-state index in [1.807, 2.05) is 6.92 Å². The maximum absolute atomic E-state index is 12.9. The lowest BCUT2D eigenvalue weighted by Crippen LogP contribution is -2.24. The van der Waals surface area contributed by atoms with E-state index in [1.54, 1.807) is 24.3 Å². The molecule has 3 rings (SSSR count). The van der Waals surface area contributed by atoms with Crippen LogP contribution in [-0.2, 0) is 22.7 Å². The van der Waals surface area contributed by atoms with Crippen LogP contribution >= 0.6 is 0 Å². The number of aryl methyl sites for hydroxylation is 1. The predicted octanol–water partition coefficient (Wildman–Crippen LogP) is 4.75. The number of sulfonamides is 1. The van der Waals surface area contributed by atoms with Gasteiger partial charge < -0.3 is 10.1 Å². The molecule has 174 valence electrons. The van der Waals surface area contributed by atoms with Crippen molar-refractivity contribution in [3.8, 4) is 5.75 Å². The van der Waals surface area contributed by atoms with E-state index in [1.165, 1.54) is 31.4 Å². The van der Waals surface area contributed by atoms with Crippen LogP contribution in [0.1, 0.15) is 27.0 Å². The number of nitrogens with one attached hydrogen (secondary N) is 2. The number of carbonyl (C=O) groups is 1. The molecule has 33 heavy (non-hydrogen) atoms. The molecule has 0 heterocycles. The summed E-state index contributed by atoms with van der Waals surface area (Å²) in [5.41, 5.74) is 0.721. The number of hydrogen-bond acceptors (Lipinski definition) is 4. The molecule has 0 radical (unpaired) electrons. The fourth-order valence-corrected chi connectivity index (χ4v) is 4.26. The van der Waals surface area contributed by atoms with Crippen LogP contribution in [0.3, 0.4) is 0 Å². The van der Waals surface area contributed by atoms with Crippen LogP contribution in [0.4, 0.5) is 18.9 Å². The van der Waals surface area contributed by atoms with Crippen molar-refractivity contribution in [2.24, 2.45) is 0 Å². The molecule has 0 fully saturated rings. The van der Waals surface area contributed by atoms with Crippen LogP contribution < -0.4 is 14.8 Å². The van der Waals surface area contributed by atoms with Crippen molar-refractivity contribution in [1.29, 1.82) is 0 Å². The number of halogens is 3. The fraction of sp³-hybridized carbons (Fsp3) is 0.174. The zero-order valence-corrected chi connectivity index (χ0v) is 18.5. The highest BCUT2D eigenvalue weighted by atomic mass is 32.2. The minimum atomic E-state index is -4.50. The van der Waals surface area contributed by atoms with E-state index in [0.717, 1.165) is 23.8 Å². The van der Waals surface area contributed by atoms with Crippen molar-refractivity contribution in [1.82, 2.24) is 5.32 Å². The summed E-state index contributed by atoms with van der Waals surface area (Å²) in [5, 5.41) is 2.50. The highest BCUT2D eigenvalue weighted by Gasteiger charge is 2.30. The summed E-state index contributed by atoms with van der Waals surface area (Å²) in [5.74, 6) is -0.620. The van der Waals surface area contributed by atoms with Gasteiger partial charge in [-0.1, -0.05) is 29.8 Å². The standard InChI is InChI=1S/C23H21F3N2O4S/c1-15-6-9-19(10-7-15)28-33(30,31)21-13-17(8-11-20(21)32-2)22(29)27-14-16-4-3-5-18(12-16)23(24,25)26/h3-13,28H,14H2,1-2H3,(H,27,29). The topological polar surface area (TPSA) is 84.5 Å².